The van der Waals surface area contributed by atoms with Crippen molar-refractivity contribution < 1.29 is 9.52 Å². The van der Waals surface area contributed by atoms with E-state index in [0.717, 1.165) is 0 Å². The van der Waals surface area contributed by atoms with Gasteiger partial charge in [0.05, 0.1) is 6.61 Å². The smallest absolute Gasteiger partial charge is 0.276 e. The molecule has 4 nitrogen and oxygen atoms in total. The topological polar surface area (TPSA) is 59.2 Å². The molecule has 0 aromatic carbocycles. The Morgan fingerprint density at radius 1 is 1.78 bits per heavy atom. The van der Waals surface area contributed by atoms with Gasteiger partial charge in [0.2, 0.25) is 6.39 Å². The number of rotatable bonds is 3. The summed E-state index contributed by atoms with van der Waals surface area (Å²) < 4.78 is 4.77. The van der Waals surface area contributed by atoms with E-state index in [9.17, 15) is 0 Å². The maximum Gasteiger partial charge on any atom is 0.276 e. The Balaban J connectivity index is 2.30. The highest BCUT2D eigenvalue weighted by molar-refractivity contribution is 7.99. The van der Waals surface area contributed by atoms with E-state index < -0.39 is 0 Å². The van der Waals surface area contributed by atoms with Gasteiger partial charge in [0.1, 0.15) is 0 Å². The van der Waals surface area contributed by atoms with Gasteiger partial charge in [-0.25, -0.2) is 0 Å². The van der Waals surface area contributed by atoms with Crippen LogP contribution in [0.15, 0.2) is 16.0 Å². The minimum absolute atomic E-state index is 0.132. The lowest BCUT2D eigenvalue weighted by molar-refractivity contribution is 0.322. The summed E-state index contributed by atoms with van der Waals surface area (Å²) in [6.07, 6.45) is 1.26. The Morgan fingerprint density at radius 3 is 3.22 bits per heavy atom. The average Bonchev–Trinajstić information content (AvgIpc) is 2.34. The Kier molecular flexibility index (Phi) is 2.53. The van der Waals surface area contributed by atoms with Crippen molar-refractivity contribution in [1.29, 1.82) is 0 Å². The third kappa shape index (κ3) is 2.03. The third-order valence-electron chi connectivity index (χ3n) is 0.657. The molecule has 0 saturated heterocycles. The van der Waals surface area contributed by atoms with E-state index in [1.54, 1.807) is 0 Å². The van der Waals surface area contributed by atoms with Gasteiger partial charge in [-0.15, -0.1) is 10.2 Å². The Bertz CT molecular complexity index is 154. The molecular weight excluding hydrogens is 140 g/mol. The van der Waals surface area contributed by atoms with Crippen LogP contribution in [0, 0.1) is 0 Å². The standard InChI is InChI=1S/C4H6N2O2S/c7-1-2-9-4-6-5-3-8-4/h3,7H,1-2H2. The predicted molar refractivity (Wildman–Crippen MR) is 32.1 cm³/mol. The molecule has 0 saturated carbocycles. The monoisotopic (exact) mass is 146 g/mol. The SMILES string of the molecule is OCCSc1nnco1. The molecule has 0 unspecified atom stereocenters. The maximum atomic E-state index is 8.35. The summed E-state index contributed by atoms with van der Waals surface area (Å²) in [5.74, 6) is 0.599. The van der Waals surface area contributed by atoms with Crippen molar-refractivity contribution in [2.24, 2.45) is 0 Å². The highest BCUT2D eigenvalue weighted by Crippen LogP contribution is 2.11. The lowest BCUT2D eigenvalue weighted by Crippen LogP contribution is -1.84. The first-order valence-corrected chi connectivity index (χ1v) is 3.42. The summed E-state index contributed by atoms with van der Waals surface area (Å²) in [4.78, 5) is 0. The van der Waals surface area contributed by atoms with Gasteiger partial charge in [-0.1, -0.05) is 11.8 Å². The summed E-state index contributed by atoms with van der Waals surface area (Å²) in [7, 11) is 0. The van der Waals surface area contributed by atoms with Crippen LogP contribution in [0.25, 0.3) is 0 Å². The van der Waals surface area contributed by atoms with Gasteiger partial charge < -0.3 is 9.52 Å². The fourth-order valence-corrected chi connectivity index (χ4v) is 0.841. The molecule has 0 aliphatic carbocycles. The van der Waals surface area contributed by atoms with Gasteiger partial charge in [-0.05, 0) is 0 Å². The molecule has 0 bridgehead atoms. The molecule has 1 heterocycles. The Morgan fingerprint density at radius 2 is 2.67 bits per heavy atom. The zero-order valence-electron chi connectivity index (χ0n) is 4.65. The number of hydrogen-bond acceptors (Lipinski definition) is 5. The lowest BCUT2D eigenvalue weighted by atomic mass is 10.9. The molecule has 5 heteroatoms. The molecular formula is C4H6N2O2S. The van der Waals surface area contributed by atoms with Crippen molar-refractivity contribution in [1.82, 2.24) is 10.2 Å². The highest BCUT2D eigenvalue weighted by atomic mass is 32.2. The van der Waals surface area contributed by atoms with Crippen LogP contribution in [-0.4, -0.2) is 27.7 Å². The second-order valence-electron chi connectivity index (χ2n) is 1.28. The zero-order chi connectivity index (χ0) is 6.53. The van der Waals surface area contributed by atoms with Crippen LogP contribution >= 0.6 is 11.8 Å². The summed E-state index contributed by atoms with van der Waals surface area (Å²) in [5, 5.41) is 15.9. The Hall–Kier alpha value is -0.550. The molecule has 0 radical (unpaired) electrons. The van der Waals surface area contributed by atoms with Crippen molar-refractivity contribution in [2.75, 3.05) is 12.4 Å². The van der Waals surface area contributed by atoms with Crippen LogP contribution in [0.4, 0.5) is 0 Å². The highest BCUT2D eigenvalue weighted by Gasteiger charge is 1.95. The van der Waals surface area contributed by atoms with E-state index in [1.807, 2.05) is 0 Å². The first kappa shape index (κ1) is 6.57. The van der Waals surface area contributed by atoms with E-state index in [1.165, 1.54) is 18.2 Å². The second kappa shape index (κ2) is 3.47. The number of aliphatic hydroxyl groups excluding tert-OH is 1. The fourth-order valence-electron chi connectivity index (χ4n) is 0.359. The number of nitrogens with zero attached hydrogens (tertiary/aromatic N) is 2. The first-order valence-electron chi connectivity index (χ1n) is 2.43. The number of aliphatic hydroxyl groups is 1. The third-order valence-corrected chi connectivity index (χ3v) is 1.47. The van der Waals surface area contributed by atoms with Crippen LogP contribution < -0.4 is 0 Å². The first-order chi connectivity index (χ1) is 4.43. The van der Waals surface area contributed by atoms with Gasteiger partial charge in [0.25, 0.3) is 5.22 Å². The average molecular weight is 146 g/mol. The minimum atomic E-state index is 0.132. The molecule has 0 spiro atoms. The summed E-state index contributed by atoms with van der Waals surface area (Å²) in [5.41, 5.74) is 0. The number of thioether (sulfide) groups is 1. The van der Waals surface area contributed by atoms with Crippen molar-refractivity contribution in [3.8, 4) is 0 Å². The van der Waals surface area contributed by atoms with E-state index >= 15 is 0 Å². The zero-order valence-corrected chi connectivity index (χ0v) is 5.47. The van der Waals surface area contributed by atoms with Gasteiger partial charge >= 0.3 is 0 Å². The van der Waals surface area contributed by atoms with Crippen LogP contribution in [0.2, 0.25) is 0 Å². The van der Waals surface area contributed by atoms with Crippen molar-refractivity contribution in [3.05, 3.63) is 6.39 Å². The fraction of sp³-hybridized carbons (Fsp3) is 0.500. The number of hydrogen-bond donors (Lipinski definition) is 1. The second-order valence-corrected chi connectivity index (χ2v) is 2.32. The van der Waals surface area contributed by atoms with Gasteiger partial charge in [0, 0.05) is 5.75 Å². The van der Waals surface area contributed by atoms with E-state index in [0.29, 0.717) is 11.0 Å². The summed E-state index contributed by atoms with van der Waals surface area (Å²) in [6.45, 7) is 0.132. The molecule has 0 amide bonds. The molecule has 50 valence electrons. The quantitative estimate of drug-likeness (QED) is 0.615. The molecule has 1 aromatic heterocycles. The van der Waals surface area contributed by atoms with E-state index in [-0.39, 0.29) is 6.61 Å². The summed E-state index contributed by atoms with van der Waals surface area (Å²) in [6, 6.07) is 0. The van der Waals surface area contributed by atoms with E-state index in [4.69, 9.17) is 9.52 Å². The van der Waals surface area contributed by atoms with Crippen LogP contribution in [0.1, 0.15) is 0 Å². The van der Waals surface area contributed by atoms with Gasteiger partial charge in [-0.2, -0.15) is 0 Å². The van der Waals surface area contributed by atoms with Crippen molar-refractivity contribution >= 4 is 11.8 Å². The largest absolute Gasteiger partial charge is 0.419 e. The molecule has 0 aliphatic heterocycles. The molecule has 1 rings (SSSR count). The van der Waals surface area contributed by atoms with Crippen LogP contribution in [-0.2, 0) is 0 Å². The summed E-state index contributed by atoms with van der Waals surface area (Å²) >= 11 is 1.34. The van der Waals surface area contributed by atoms with Crippen molar-refractivity contribution in [2.45, 2.75) is 5.22 Å². The Labute approximate surface area is 56.3 Å². The minimum Gasteiger partial charge on any atom is -0.419 e. The maximum absolute atomic E-state index is 8.35. The van der Waals surface area contributed by atoms with Crippen LogP contribution in [0.5, 0.6) is 0 Å². The molecule has 0 fully saturated rings. The van der Waals surface area contributed by atoms with E-state index in [2.05, 4.69) is 10.2 Å². The van der Waals surface area contributed by atoms with Gasteiger partial charge in [-0.3, -0.25) is 0 Å². The van der Waals surface area contributed by atoms with Gasteiger partial charge in [0.15, 0.2) is 0 Å². The molecule has 0 atom stereocenters. The normalized spacial score (nSPS) is 9.89. The van der Waals surface area contributed by atoms with Crippen molar-refractivity contribution in [3.63, 3.8) is 0 Å². The lowest BCUT2D eigenvalue weighted by Gasteiger charge is -1.86. The number of aromatic nitrogens is 2. The predicted octanol–water partition coefficient (Wildman–Crippen LogP) is 0.154. The molecule has 1 aromatic rings. The molecule has 9 heavy (non-hydrogen) atoms. The van der Waals surface area contributed by atoms with Crippen LogP contribution in [0.3, 0.4) is 0 Å². The molecule has 0 aliphatic rings. The molecule has 1 N–H and O–H groups in total.